The third kappa shape index (κ3) is 2.18. The number of aromatic nitrogens is 2. The third-order valence-corrected chi connectivity index (χ3v) is 3.65. The lowest BCUT2D eigenvalue weighted by Gasteiger charge is -2.36. The van der Waals surface area contributed by atoms with Crippen LogP contribution < -0.4 is 0 Å². The van der Waals surface area contributed by atoms with E-state index in [2.05, 4.69) is 14.9 Å². The van der Waals surface area contributed by atoms with Gasteiger partial charge in [-0.1, -0.05) is 0 Å². The van der Waals surface area contributed by atoms with Crippen LogP contribution in [0.15, 0.2) is 18.6 Å². The van der Waals surface area contributed by atoms with E-state index in [4.69, 9.17) is 4.74 Å². The van der Waals surface area contributed by atoms with E-state index in [0.717, 1.165) is 19.7 Å². The molecule has 0 radical (unpaired) electrons. The molecule has 2 aliphatic heterocycles. The number of ether oxygens (including phenoxy) is 1. The van der Waals surface area contributed by atoms with Gasteiger partial charge < -0.3 is 9.84 Å². The van der Waals surface area contributed by atoms with Crippen molar-refractivity contribution < 1.29 is 9.84 Å². The van der Waals surface area contributed by atoms with Crippen LogP contribution >= 0.6 is 0 Å². The van der Waals surface area contributed by atoms with Gasteiger partial charge in [0.05, 0.1) is 18.5 Å². The normalized spacial score (nSPS) is 31.1. The van der Waals surface area contributed by atoms with E-state index in [1.165, 1.54) is 12.8 Å². The number of nitrogens with zero attached hydrogens (tertiary/aromatic N) is 3. The van der Waals surface area contributed by atoms with Gasteiger partial charge in [-0.3, -0.25) is 14.9 Å². The van der Waals surface area contributed by atoms with Gasteiger partial charge in [-0.25, -0.2) is 0 Å². The Bertz CT molecular complexity index is 373. The van der Waals surface area contributed by atoms with Crippen molar-refractivity contribution in [2.45, 2.75) is 31.1 Å². The van der Waals surface area contributed by atoms with Gasteiger partial charge in [0.1, 0.15) is 12.2 Å². The molecule has 0 saturated carbocycles. The van der Waals surface area contributed by atoms with E-state index in [1.807, 2.05) is 0 Å². The summed E-state index contributed by atoms with van der Waals surface area (Å²) in [5.41, 5.74) is 0.593. The van der Waals surface area contributed by atoms with E-state index in [-0.39, 0.29) is 6.10 Å². The van der Waals surface area contributed by atoms with Gasteiger partial charge in [-0.15, -0.1) is 0 Å². The molecule has 1 aromatic rings. The first-order chi connectivity index (χ1) is 8.34. The van der Waals surface area contributed by atoms with Gasteiger partial charge in [0.2, 0.25) is 0 Å². The van der Waals surface area contributed by atoms with E-state index in [0.29, 0.717) is 11.7 Å². The smallest absolute Gasteiger partial charge is 0.125 e. The standard InChI is InChI=1S/C12H17N3O2/c16-12(10-6-13-3-4-14-10)11-7-15-5-1-2-9(15)8-17-11/h3-4,6,9,11-12,16H,1-2,5,7-8H2. The Labute approximate surface area is 100 Å². The fraction of sp³-hybridized carbons (Fsp3) is 0.667. The Morgan fingerprint density at radius 3 is 3.24 bits per heavy atom. The number of hydrogen-bond donors (Lipinski definition) is 1. The van der Waals surface area contributed by atoms with Crippen molar-refractivity contribution in [3.8, 4) is 0 Å². The number of fused-ring (bicyclic) bond motifs is 1. The van der Waals surface area contributed by atoms with Gasteiger partial charge in [0.25, 0.3) is 0 Å². The Morgan fingerprint density at radius 2 is 2.41 bits per heavy atom. The maximum Gasteiger partial charge on any atom is 0.125 e. The molecular formula is C12H17N3O2. The summed E-state index contributed by atoms with van der Waals surface area (Å²) in [6.07, 6.45) is 6.40. The van der Waals surface area contributed by atoms with Gasteiger partial charge in [0.15, 0.2) is 0 Å². The first kappa shape index (κ1) is 11.1. The highest BCUT2D eigenvalue weighted by Gasteiger charge is 2.36. The minimum atomic E-state index is -0.676. The van der Waals surface area contributed by atoms with Crippen LogP contribution in [0.4, 0.5) is 0 Å². The highest BCUT2D eigenvalue weighted by atomic mass is 16.5. The number of rotatable bonds is 2. The average molecular weight is 235 g/mol. The molecule has 0 aliphatic carbocycles. The van der Waals surface area contributed by atoms with Gasteiger partial charge in [-0.05, 0) is 19.4 Å². The fourth-order valence-corrected chi connectivity index (χ4v) is 2.69. The van der Waals surface area contributed by atoms with Gasteiger partial charge >= 0.3 is 0 Å². The van der Waals surface area contributed by atoms with Crippen LogP contribution in [0.25, 0.3) is 0 Å². The van der Waals surface area contributed by atoms with Crippen molar-refractivity contribution in [3.05, 3.63) is 24.3 Å². The van der Waals surface area contributed by atoms with Crippen LogP contribution in [0.2, 0.25) is 0 Å². The van der Waals surface area contributed by atoms with Crippen molar-refractivity contribution in [2.75, 3.05) is 19.7 Å². The van der Waals surface area contributed by atoms with E-state index >= 15 is 0 Å². The SMILES string of the molecule is OC(c1cnccn1)C1CN2CCCC2CO1. The minimum Gasteiger partial charge on any atom is -0.384 e. The van der Waals surface area contributed by atoms with Crippen LogP contribution in [-0.4, -0.2) is 51.8 Å². The molecular weight excluding hydrogens is 218 g/mol. The highest BCUT2D eigenvalue weighted by molar-refractivity contribution is 5.03. The molecule has 17 heavy (non-hydrogen) atoms. The summed E-state index contributed by atoms with van der Waals surface area (Å²) in [4.78, 5) is 10.5. The monoisotopic (exact) mass is 235 g/mol. The van der Waals surface area contributed by atoms with Crippen LogP contribution in [0, 0.1) is 0 Å². The molecule has 3 atom stereocenters. The first-order valence-electron chi connectivity index (χ1n) is 6.14. The number of morpholine rings is 1. The van der Waals surface area contributed by atoms with Crippen molar-refractivity contribution in [1.29, 1.82) is 0 Å². The number of aliphatic hydroxyl groups is 1. The lowest BCUT2D eigenvalue weighted by Crippen LogP contribution is -2.48. The van der Waals surface area contributed by atoms with Crippen LogP contribution in [0.1, 0.15) is 24.6 Å². The molecule has 2 fully saturated rings. The lowest BCUT2D eigenvalue weighted by molar-refractivity contribution is -0.104. The van der Waals surface area contributed by atoms with E-state index in [1.54, 1.807) is 18.6 Å². The zero-order chi connectivity index (χ0) is 11.7. The largest absolute Gasteiger partial charge is 0.384 e. The molecule has 3 unspecified atom stereocenters. The van der Waals surface area contributed by atoms with Crippen molar-refractivity contribution in [2.24, 2.45) is 0 Å². The molecule has 3 rings (SSSR count). The third-order valence-electron chi connectivity index (χ3n) is 3.65. The quantitative estimate of drug-likeness (QED) is 0.802. The maximum absolute atomic E-state index is 10.2. The Balaban J connectivity index is 1.69. The zero-order valence-electron chi connectivity index (χ0n) is 9.70. The molecule has 0 aromatic carbocycles. The molecule has 2 aliphatic rings. The molecule has 2 saturated heterocycles. The molecule has 1 aromatic heterocycles. The molecule has 1 N–H and O–H groups in total. The Hall–Kier alpha value is -1.04. The van der Waals surface area contributed by atoms with Crippen LogP contribution in [0.3, 0.4) is 0 Å². The second-order valence-electron chi connectivity index (χ2n) is 4.74. The summed E-state index contributed by atoms with van der Waals surface area (Å²) in [5.74, 6) is 0. The summed E-state index contributed by atoms with van der Waals surface area (Å²) in [7, 11) is 0. The first-order valence-corrected chi connectivity index (χ1v) is 6.14. The van der Waals surface area contributed by atoms with Crippen LogP contribution in [0.5, 0.6) is 0 Å². The topological polar surface area (TPSA) is 58.5 Å². The summed E-state index contributed by atoms with van der Waals surface area (Å²) in [5, 5.41) is 10.2. The average Bonchev–Trinajstić information content (AvgIpc) is 2.86. The number of aliphatic hydroxyl groups excluding tert-OH is 1. The molecule has 0 bridgehead atoms. The summed E-state index contributed by atoms with van der Waals surface area (Å²) in [6.45, 7) is 2.64. The minimum absolute atomic E-state index is 0.180. The van der Waals surface area contributed by atoms with Crippen LogP contribution in [-0.2, 0) is 4.74 Å². The fourth-order valence-electron chi connectivity index (χ4n) is 2.69. The van der Waals surface area contributed by atoms with E-state index in [9.17, 15) is 5.11 Å². The molecule has 5 heteroatoms. The summed E-state index contributed by atoms with van der Waals surface area (Å²) < 4.78 is 5.75. The van der Waals surface area contributed by atoms with E-state index < -0.39 is 6.10 Å². The maximum atomic E-state index is 10.2. The summed E-state index contributed by atoms with van der Waals surface area (Å²) in [6, 6.07) is 0.556. The Morgan fingerprint density at radius 1 is 1.47 bits per heavy atom. The second-order valence-corrected chi connectivity index (χ2v) is 4.74. The highest BCUT2D eigenvalue weighted by Crippen LogP contribution is 2.27. The summed E-state index contributed by atoms with van der Waals surface area (Å²) >= 11 is 0. The molecule has 3 heterocycles. The van der Waals surface area contributed by atoms with Crippen molar-refractivity contribution in [3.63, 3.8) is 0 Å². The molecule has 0 amide bonds. The van der Waals surface area contributed by atoms with Crippen molar-refractivity contribution >= 4 is 0 Å². The number of hydrogen-bond acceptors (Lipinski definition) is 5. The van der Waals surface area contributed by atoms with Crippen molar-refractivity contribution in [1.82, 2.24) is 14.9 Å². The molecule has 0 spiro atoms. The molecule has 5 nitrogen and oxygen atoms in total. The second kappa shape index (κ2) is 4.68. The van der Waals surface area contributed by atoms with Gasteiger partial charge in [-0.2, -0.15) is 0 Å². The van der Waals surface area contributed by atoms with Gasteiger partial charge in [0, 0.05) is 25.0 Å². The predicted molar refractivity (Wildman–Crippen MR) is 61.3 cm³/mol. The Kier molecular flexibility index (Phi) is 3.05. The molecule has 92 valence electrons. The lowest BCUT2D eigenvalue weighted by atomic mass is 10.1. The predicted octanol–water partition coefficient (Wildman–Crippen LogP) is 0.373. The zero-order valence-corrected chi connectivity index (χ0v) is 9.70.